The smallest absolute Gasteiger partial charge is 0.331 e. The van der Waals surface area contributed by atoms with Crippen LogP contribution in [0.3, 0.4) is 0 Å². The average Bonchev–Trinajstić information content (AvgIpc) is 2.97. The van der Waals surface area contributed by atoms with Gasteiger partial charge in [-0.1, -0.05) is 60.8 Å². The van der Waals surface area contributed by atoms with Crippen molar-refractivity contribution in [3.05, 3.63) is 12.2 Å². The van der Waals surface area contributed by atoms with Crippen molar-refractivity contribution in [2.45, 2.75) is 135 Å². The zero-order valence-corrected chi connectivity index (χ0v) is 23.6. The number of unbranched alkanes of at least 4 members (excludes halogenated alkanes) is 2. The summed E-state index contributed by atoms with van der Waals surface area (Å²) in [6.45, 7) is 25.0. The molecule has 1 rings (SSSR count). The van der Waals surface area contributed by atoms with Crippen molar-refractivity contribution in [2.24, 2.45) is 0 Å². The molecule has 0 saturated carbocycles. The van der Waals surface area contributed by atoms with Crippen LogP contribution in [0, 0.1) is 0 Å². The van der Waals surface area contributed by atoms with Crippen LogP contribution in [0.25, 0.3) is 0 Å². The molecule has 4 nitrogen and oxygen atoms in total. The Morgan fingerprint density at radius 3 is 1.87 bits per heavy atom. The normalized spacial score (nSPS) is 20.4. The fourth-order valence-corrected chi connectivity index (χ4v) is 5.96. The molecule has 6 heteroatoms. The van der Waals surface area contributed by atoms with Gasteiger partial charge in [0.05, 0.1) is 6.10 Å². The fraction of sp³-hybridized carbons (Fsp3) is 0.875. The minimum Gasteiger partial charge on any atom is -0.452 e. The number of rotatable bonds is 11. The molecule has 3 atom stereocenters. The molecule has 0 unspecified atom stereocenters. The van der Waals surface area contributed by atoms with Crippen molar-refractivity contribution in [1.29, 1.82) is 0 Å². The molecule has 0 saturated heterocycles. The Balaban J connectivity index is 2.53. The van der Waals surface area contributed by atoms with Crippen LogP contribution in [0.15, 0.2) is 12.2 Å². The molecule has 0 aromatic heterocycles. The van der Waals surface area contributed by atoms with E-state index in [-0.39, 0.29) is 28.3 Å². The summed E-state index contributed by atoms with van der Waals surface area (Å²) < 4.78 is 18.6. The number of cyclic esters (lactones) is 1. The van der Waals surface area contributed by atoms with Crippen LogP contribution in [0.1, 0.15) is 80.6 Å². The highest BCUT2D eigenvalue weighted by atomic mass is 28.4. The number of hydrogen-bond acceptors (Lipinski definition) is 4. The van der Waals surface area contributed by atoms with Gasteiger partial charge < -0.3 is 13.6 Å². The second-order valence-corrected chi connectivity index (χ2v) is 21.5. The standard InChI is InChI=1S/C24H48O4Si2/c1-19(27-29(8,9)23(2,3)4)15-13-12-14-16-21(20-17-18-22(25)26-20)28-30(10,11)24(5,6)7/h17-21H,12-16H2,1-11H3/t19-,20-,21-/m0/s1. The first-order chi connectivity index (χ1) is 13.5. The summed E-state index contributed by atoms with van der Waals surface area (Å²) in [4.78, 5) is 11.6. The molecule has 0 N–H and O–H groups in total. The zero-order chi connectivity index (χ0) is 23.4. The molecule has 30 heavy (non-hydrogen) atoms. The second-order valence-electron chi connectivity index (χ2n) is 12.0. The first kappa shape index (κ1) is 27.6. The van der Waals surface area contributed by atoms with Gasteiger partial charge >= 0.3 is 5.97 Å². The van der Waals surface area contributed by atoms with Crippen LogP contribution in [0.2, 0.25) is 36.3 Å². The van der Waals surface area contributed by atoms with E-state index in [1.54, 1.807) is 0 Å². The van der Waals surface area contributed by atoms with E-state index >= 15 is 0 Å². The summed E-state index contributed by atoms with van der Waals surface area (Å²) in [5, 5.41) is 0.385. The Kier molecular flexibility index (Phi) is 9.62. The van der Waals surface area contributed by atoms with Crippen LogP contribution in [0.4, 0.5) is 0 Å². The maximum absolute atomic E-state index is 11.6. The third-order valence-corrected chi connectivity index (χ3v) is 16.3. The second kappa shape index (κ2) is 10.5. The van der Waals surface area contributed by atoms with E-state index in [0.29, 0.717) is 6.10 Å². The number of hydrogen-bond donors (Lipinski definition) is 0. The summed E-state index contributed by atoms with van der Waals surface area (Å²) in [6.07, 6.45) is 8.82. The lowest BCUT2D eigenvalue weighted by atomic mass is 10.0. The zero-order valence-electron chi connectivity index (χ0n) is 21.6. The van der Waals surface area contributed by atoms with Crippen LogP contribution < -0.4 is 0 Å². The van der Waals surface area contributed by atoms with Gasteiger partial charge in [0, 0.05) is 12.2 Å². The molecule has 0 spiro atoms. The van der Waals surface area contributed by atoms with E-state index in [9.17, 15) is 4.79 Å². The molecule has 0 aromatic rings. The molecule has 0 radical (unpaired) electrons. The molecule has 0 aromatic carbocycles. The first-order valence-corrected chi connectivity index (χ1v) is 17.5. The highest BCUT2D eigenvalue weighted by molar-refractivity contribution is 6.74. The van der Waals surface area contributed by atoms with E-state index in [4.69, 9.17) is 13.6 Å². The molecule has 176 valence electrons. The van der Waals surface area contributed by atoms with Gasteiger partial charge in [0.1, 0.15) is 6.10 Å². The van der Waals surface area contributed by atoms with E-state index in [1.165, 1.54) is 6.08 Å². The average molecular weight is 457 g/mol. The Labute approximate surface area is 188 Å². The van der Waals surface area contributed by atoms with Crippen molar-refractivity contribution in [3.63, 3.8) is 0 Å². The predicted molar refractivity (Wildman–Crippen MR) is 132 cm³/mol. The van der Waals surface area contributed by atoms with Gasteiger partial charge in [0.25, 0.3) is 0 Å². The lowest BCUT2D eigenvalue weighted by Crippen LogP contribution is -2.47. The molecule has 1 heterocycles. The minimum absolute atomic E-state index is 0.0468. The third kappa shape index (κ3) is 8.25. The SMILES string of the molecule is C[C@@H](CCCCC[C@H](O[Si](C)(C)C(C)(C)C)[C@@H]1C=CC(=O)O1)O[Si](C)(C)C(C)(C)C. The summed E-state index contributed by atoms with van der Waals surface area (Å²) in [6, 6.07) is 0. The van der Waals surface area contributed by atoms with Crippen LogP contribution in [0.5, 0.6) is 0 Å². The first-order valence-electron chi connectivity index (χ1n) is 11.7. The number of carbonyl (C=O) groups excluding carboxylic acids is 1. The maximum Gasteiger partial charge on any atom is 0.331 e. The van der Waals surface area contributed by atoms with Crippen molar-refractivity contribution >= 4 is 22.6 Å². The Hall–Kier alpha value is -0.436. The molecule has 1 aliphatic rings. The van der Waals surface area contributed by atoms with E-state index in [1.807, 2.05) is 6.08 Å². The van der Waals surface area contributed by atoms with Crippen molar-refractivity contribution in [1.82, 2.24) is 0 Å². The molecule has 0 bridgehead atoms. The lowest BCUT2D eigenvalue weighted by Gasteiger charge is -2.40. The Morgan fingerprint density at radius 1 is 0.900 bits per heavy atom. The minimum atomic E-state index is -1.93. The van der Waals surface area contributed by atoms with E-state index in [0.717, 1.165) is 32.1 Å². The Morgan fingerprint density at radius 2 is 1.40 bits per heavy atom. The topological polar surface area (TPSA) is 44.8 Å². The van der Waals surface area contributed by atoms with E-state index in [2.05, 4.69) is 74.7 Å². The molecular formula is C24H48O4Si2. The molecule has 0 amide bonds. The quantitative estimate of drug-likeness (QED) is 0.187. The van der Waals surface area contributed by atoms with Gasteiger partial charge in [-0.05, 0) is 62.1 Å². The molecule has 0 aliphatic carbocycles. The predicted octanol–water partition coefficient (Wildman–Crippen LogP) is 7.22. The van der Waals surface area contributed by atoms with Crippen LogP contribution in [-0.4, -0.2) is 40.9 Å². The van der Waals surface area contributed by atoms with Gasteiger partial charge in [-0.2, -0.15) is 0 Å². The highest BCUT2D eigenvalue weighted by Crippen LogP contribution is 2.39. The molecule has 0 fully saturated rings. The fourth-order valence-electron chi connectivity index (χ4n) is 3.12. The van der Waals surface area contributed by atoms with Crippen molar-refractivity contribution < 1.29 is 18.4 Å². The van der Waals surface area contributed by atoms with Crippen LogP contribution in [-0.2, 0) is 18.4 Å². The highest BCUT2D eigenvalue weighted by Gasteiger charge is 2.41. The maximum atomic E-state index is 11.6. The molecule has 1 aliphatic heterocycles. The number of carbonyl (C=O) groups is 1. The summed E-state index contributed by atoms with van der Waals surface area (Å²) in [5.74, 6) is -0.250. The van der Waals surface area contributed by atoms with Gasteiger partial charge in [0.2, 0.25) is 0 Å². The van der Waals surface area contributed by atoms with Gasteiger partial charge in [-0.25, -0.2) is 4.79 Å². The van der Waals surface area contributed by atoms with Gasteiger partial charge in [-0.15, -0.1) is 0 Å². The Bertz CT molecular complexity index is 585. The summed E-state index contributed by atoms with van der Waals surface area (Å²) >= 11 is 0. The number of esters is 1. The van der Waals surface area contributed by atoms with Crippen molar-refractivity contribution in [2.75, 3.05) is 0 Å². The van der Waals surface area contributed by atoms with Crippen molar-refractivity contribution in [3.8, 4) is 0 Å². The van der Waals surface area contributed by atoms with Gasteiger partial charge in [-0.3, -0.25) is 0 Å². The lowest BCUT2D eigenvalue weighted by molar-refractivity contribution is -0.142. The summed E-state index contributed by atoms with van der Waals surface area (Å²) in [7, 11) is -3.62. The third-order valence-electron chi connectivity index (χ3n) is 7.19. The molecular weight excluding hydrogens is 408 g/mol. The van der Waals surface area contributed by atoms with Gasteiger partial charge in [0.15, 0.2) is 16.6 Å². The largest absolute Gasteiger partial charge is 0.452 e. The van der Waals surface area contributed by atoms with Crippen LogP contribution >= 0.6 is 0 Å². The summed E-state index contributed by atoms with van der Waals surface area (Å²) in [5.41, 5.74) is 0. The monoisotopic (exact) mass is 456 g/mol. The number of ether oxygens (including phenoxy) is 1. The van der Waals surface area contributed by atoms with E-state index < -0.39 is 16.6 Å².